The molecule has 3 aromatic rings. The van der Waals surface area contributed by atoms with Crippen LogP contribution in [0.5, 0.6) is 0 Å². The molecule has 0 radical (unpaired) electrons. The average molecular weight is 338 g/mol. The van der Waals surface area contributed by atoms with Gasteiger partial charge in [0, 0.05) is 18.9 Å². The Labute approximate surface area is 146 Å². The fourth-order valence-corrected chi connectivity index (χ4v) is 3.66. The summed E-state index contributed by atoms with van der Waals surface area (Å²) in [5.41, 5.74) is 2.34. The second-order valence-electron chi connectivity index (χ2n) is 6.07. The van der Waals surface area contributed by atoms with Gasteiger partial charge in [0.05, 0.1) is 15.2 Å². The number of nitrogens with one attached hydrogen (secondary N) is 1. The molecule has 1 heterocycles. The molecule has 1 N–H and O–H groups in total. The molecule has 0 aliphatic heterocycles. The number of aryl methyl sites for hydroxylation is 2. The summed E-state index contributed by atoms with van der Waals surface area (Å²) in [4.78, 5) is 16.7. The van der Waals surface area contributed by atoms with E-state index >= 15 is 0 Å². The molecule has 1 unspecified atom stereocenters. The second kappa shape index (κ2) is 8.06. The number of benzene rings is 2. The average Bonchev–Trinajstić information content (AvgIpc) is 3.02. The van der Waals surface area contributed by atoms with E-state index in [9.17, 15) is 4.79 Å². The summed E-state index contributed by atoms with van der Waals surface area (Å²) in [6.07, 6.45) is 3.14. The van der Waals surface area contributed by atoms with Crippen molar-refractivity contribution in [1.29, 1.82) is 0 Å². The van der Waals surface area contributed by atoms with Gasteiger partial charge in [-0.2, -0.15) is 0 Å². The molecule has 1 atom stereocenters. The van der Waals surface area contributed by atoms with Crippen LogP contribution in [-0.2, 0) is 17.6 Å². The van der Waals surface area contributed by atoms with Crippen molar-refractivity contribution in [3.63, 3.8) is 0 Å². The van der Waals surface area contributed by atoms with Crippen LogP contribution < -0.4 is 5.32 Å². The van der Waals surface area contributed by atoms with Gasteiger partial charge < -0.3 is 5.32 Å². The number of carbonyl (C=O) groups excluding carboxylic acids is 1. The van der Waals surface area contributed by atoms with Crippen molar-refractivity contribution in [3.05, 3.63) is 65.2 Å². The molecule has 4 heteroatoms. The number of amides is 1. The topological polar surface area (TPSA) is 42.0 Å². The van der Waals surface area contributed by atoms with Crippen molar-refractivity contribution in [2.75, 3.05) is 0 Å². The summed E-state index contributed by atoms with van der Waals surface area (Å²) in [5.74, 6) is 0.106. The third kappa shape index (κ3) is 4.65. The van der Waals surface area contributed by atoms with Gasteiger partial charge in [0.2, 0.25) is 5.91 Å². The largest absolute Gasteiger partial charge is 0.354 e. The number of rotatable bonds is 7. The SMILES string of the molecule is CC(CCc1ccccc1)NC(=O)CCc1nc2ccccc2s1. The van der Waals surface area contributed by atoms with Gasteiger partial charge in [-0.3, -0.25) is 4.79 Å². The van der Waals surface area contributed by atoms with Crippen LogP contribution in [0.4, 0.5) is 0 Å². The second-order valence-corrected chi connectivity index (χ2v) is 7.18. The van der Waals surface area contributed by atoms with Crippen LogP contribution >= 0.6 is 11.3 Å². The number of fused-ring (bicyclic) bond motifs is 1. The van der Waals surface area contributed by atoms with Crippen LogP contribution in [0.3, 0.4) is 0 Å². The Morgan fingerprint density at radius 1 is 1.08 bits per heavy atom. The molecule has 0 saturated heterocycles. The number of carbonyl (C=O) groups is 1. The molecule has 2 aromatic carbocycles. The molecule has 3 rings (SSSR count). The van der Waals surface area contributed by atoms with E-state index in [-0.39, 0.29) is 11.9 Å². The summed E-state index contributed by atoms with van der Waals surface area (Å²) in [6, 6.07) is 18.7. The van der Waals surface area contributed by atoms with E-state index in [0.717, 1.165) is 23.4 Å². The molecule has 124 valence electrons. The Morgan fingerprint density at radius 3 is 2.62 bits per heavy atom. The highest BCUT2D eigenvalue weighted by atomic mass is 32.1. The van der Waals surface area contributed by atoms with Gasteiger partial charge in [-0.1, -0.05) is 42.5 Å². The molecule has 0 bridgehead atoms. The molecular weight excluding hydrogens is 316 g/mol. The van der Waals surface area contributed by atoms with Gasteiger partial charge in [0.25, 0.3) is 0 Å². The zero-order chi connectivity index (χ0) is 16.8. The van der Waals surface area contributed by atoms with Gasteiger partial charge in [-0.15, -0.1) is 11.3 Å². The minimum Gasteiger partial charge on any atom is -0.354 e. The summed E-state index contributed by atoms with van der Waals surface area (Å²) < 4.78 is 1.18. The van der Waals surface area contributed by atoms with Crippen molar-refractivity contribution < 1.29 is 4.79 Å². The zero-order valence-corrected chi connectivity index (χ0v) is 14.7. The van der Waals surface area contributed by atoms with Gasteiger partial charge in [-0.05, 0) is 37.5 Å². The Morgan fingerprint density at radius 2 is 1.83 bits per heavy atom. The molecular formula is C20H22N2OS. The first kappa shape index (κ1) is 16.7. The van der Waals surface area contributed by atoms with E-state index in [0.29, 0.717) is 12.8 Å². The van der Waals surface area contributed by atoms with Crippen molar-refractivity contribution in [3.8, 4) is 0 Å². The highest BCUT2D eigenvalue weighted by Gasteiger charge is 2.10. The number of hydrogen-bond donors (Lipinski definition) is 1. The molecule has 0 spiro atoms. The normalized spacial score (nSPS) is 12.2. The fourth-order valence-electron chi connectivity index (χ4n) is 2.69. The highest BCUT2D eigenvalue weighted by molar-refractivity contribution is 7.18. The maximum Gasteiger partial charge on any atom is 0.220 e. The quantitative estimate of drug-likeness (QED) is 0.695. The minimum atomic E-state index is 0.106. The lowest BCUT2D eigenvalue weighted by Gasteiger charge is -2.13. The van der Waals surface area contributed by atoms with Crippen molar-refractivity contribution in [1.82, 2.24) is 10.3 Å². The van der Waals surface area contributed by atoms with Crippen LogP contribution in [-0.4, -0.2) is 16.9 Å². The lowest BCUT2D eigenvalue weighted by atomic mass is 10.1. The zero-order valence-electron chi connectivity index (χ0n) is 13.9. The van der Waals surface area contributed by atoms with Crippen LogP contribution in [0.1, 0.15) is 30.3 Å². The molecule has 1 amide bonds. The third-order valence-corrected chi connectivity index (χ3v) is 5.12. The van der Waals surface area contributed by atoms with E-state index in [1.165, 1.54) is 10.3 Å². The number of hydrogen-bond acceptors (Lipinski definition) is 3. The molecule has 24 heavy (non-hydrogen) atoms. The fraction of sp³-hybridized carbons (Fsp3) is 0.300. The van der Waals surface area contributed by atoms with Crippen LogP contribution in [0.2, 0.25) is 0 Å². The third-order valence-electron chi connectivity index (χ3n) is 4.02. The van der Waals surface area contributed by atoms with Gasteiger partial charge in [0.1, 0.15) is 0 Å². The first-order valence-electron chi connectivity index (χ1n) is 8.38. The predicted molar refractivity (Wildman–Crippen MR) is 100 cm³/mol. The predicted octanol–water partition coefficient (Wildman–Crippen LogP) is 4.37. The smallest absolute Gasteiger partial charge is 0.220 e. The first-order chi connectivity index (χ1) is 11.7. The number of nitrogens with zero attached hydrogens (tertiary/aromatic N) is 1. The Hall–Kier alpha value is -2.20. The summed E-state index contributed by atoms with van der Waals surface area (Å²) in [6.45, 7) is 2.07. The maximum absolute atomic E-state index is 12.1. The molecule has 0 saturated carbocycles. The van der Waals surface area contributed by atoms with E-state index < -0.39 is 0 Å². The Bertz CT molecular complexity index is 765. The van der Waals surface area contributed by atoms with E-state index in [1.807, 2.05) is 24.3 Å². The lowest BCUT2D eigenvalue weighted by molar-refractivity contribution is -0.121. The van der Waals surface area contributed by atoms with E-state index in [2.05, 4.69) is 47.6 Å². The summed E-state index contributed by atoms with van der Waals surface area (Å²) in [7, 11) is 0. The molecule has 0 aliphatic carbocycles. The number of thiazole rings is 1. The van der Waals surface area contributed by atoms with Gasteiger partial charge >= 0.3 is 0 Å². The Balaban J connectivity index is 1.43. The number of aromatic nitrogens is 1. The van der Waals surface area contributed by atoms with Crippen LogP contribution in [0, 0.1) is 0 Å². The van der Waals surface area contributed by atoms with Crippen molar-refractivity contribution in [2.45, 2.75) is 38.6 Å². The minimum absolute atomic E-state index is 0.106. The van der Waals surface area contributed by atoms with Crippen LogP contribution in [0.15, 0.2) is 54.6 Å². The monoisotopic (exact) mass is 338 g/mol. The molecule has 0 aliphatic rings. The maximum atomic E-state index is 12.1. The lowest BCUT2D eigenvalue weighted by Crippen LogP contribution is -2.33. The summed E-state index contributed by atoms with van der Waals surface area (Å²) in [5, 5.41) is 4.12. The molecule has 1 aromatic heterocycles. The van der Waals surface area contributed by atoms with Gasteiger partial charge in [0.15, 0.2) is 0 Å². The molecule has 0 fully saturated rings. The van der Waals surface area contributed by atoms with Crippen LogP contribution in [0.25, 0.3) is 10.2 Å². The number of para-hydroxylation sites is 1. The highest BCUT2D eigenvalue weighted by Crippen LogP contribution is 2.22. The first-order valence-corrected chi connectivity index (χ1v) is 9.20. The van der Waals surface area contributed by atoms with E-state index in [1.54, 1.807) is 11.3 Å². The van der Waals surface area contributed by atoms with Crippen molar-refractivity contribution in [2.24, 2.45) is 0 Å². The van der Waals surface area contributed by atoms with Crippen molar-refractivity contribution >= 4 is 27.5 Å². The van der Waals surface area contributed by atoms with E-state index in [4.69, 9.17) is 0 Å². The Kier molecular flexibility index (Phi) is 5.59. The summed E-state index contributed by atoms with van der Waals surface area (Å²) >= 11 is 1.67. The van der Waals surface area contributed by atoms with Gasteiger partial charge in [-0.25, -0.2) is 4.98 Å². The standard InChI is InChI=1S/C20H22N2OS/c1-15(11-12-16-7-3-2-4-8-16)21-19(23)13-14-20-22-17-9-5-6-10-18(17)24-20/h2-10,15H,11-14H2,1H3,(H,21,23). The molecule has 3 nitrogen and oxygen atoms in total.